The van der Waals surface area contributed by atoms with Gasteiger partial charge in [-0.2, -0.15) is 4.99 Å². The molecule has 0 saturated heterocycles. The number of aromatic nitrogens is 1. The molecule has 5 rings (SSSR count). The molecule has 0 saturated carbocycles. The molecule has 2 heterocycles. The Morgan fingerprint density at radius 1 is 1.03 bits per heavy atom. The third-order valence-electron chi connectivity index (χ3n) is 5.96. The number of hydrogen-bond donors (Lipinski definition) is 0. The predicted molar refractivity (Wildman–Crippen MR) is 131 cm³/mol. The molecular weight excluding hydrogens is 454 g/mol. The lowest BCUT2D eigenvalue weighted by molar-refractivity contribution is 0.0998. The minimum absolute atomic E-state index is 0.161. The van der Waals surface area contributed by atoms with E-state index in [1.165, 1.54) is 39.9 Å². The fourth-order valence-corrected chi connectivity index (χ4v) is 7.09. The van der Waals surface area contributed by atoms with Gasteiger partial charge in [-0.1, -0.05) is 35.6 Å². The monoisotopic (exact) mass is 477 g/mol. The summed E-state index contributed by atoms with van der Waals surface area (Å²) in [5.41, 5.74) is 5.45. The Labute approximate surface area is 196 Å². The van der Waals surface area contributed by atoms with Crippen molar-refractivity contribution in [2.75, 3.05) is 10.8 Å². The van der Waals surface area contributed by atoms with Crippen molar-refractivity contribution in [2.45, 2.75) is 25.2 Å². The molecule has 0 fully saturated rings. The third-order valence-corrected chi connectivity index (χ3v) is 8.87. The number of para-hydroxylation sites is 1. The zero-order chi connectivity index (χ0) is 23.3. The summed E-state index contributed by atoms with van der Waals surface area (Å²) in [5.74, 6) is -0.401. The maximum absolute atomic E-state index is 13.2. The van der Waals surface area contributed by atoms with Gasteiger partial charge in [0, 0.05) is 19.2 Å². The van der Waals surface area contributed by atoms with E-state index in [0.29, 0.717) is 23.3 Å². The number of sulfonamides is 1. The lowest BCUT2D eigenvalue weighted by atomic mass is 10.1. The fraction of sp³-hybridized carbons (Fsp3) is 0.200. The molecular formula is C25H23N3O3S2. The number of carbonyl (C=O) groups excluding carboxylic acids is 1. The molecule has 1 aromatic heterocycles. The van der Waals surface area contributed by atoms with Crippen LogP contribution in [0, 0.1) is 13.8 Å². The number of rotatable bonds is 3. The molecule has 0 aliphatic carbocycles. The molecule has 1 aliphatic heterocycles. The molecule has 0 N–H and O–H groups in total. The van der Waals surface area contributed by atoms with Gasteiger partial charge in [-0.3, -0.25) is 9.10 Å². The van der Waals surface area contributed by atoms with E-state index in [9.17, 15) is 13.2 Å². The molecule has 4 aromatic rings. The molecule has 0 unspecified atom stereocenters. The van der Waals surface area contributed by atoms with E-state index >= 15 is 0 Å². The largest absolute Gasteiger partial charge is 0.319 e. The summed E-state index contributed by atoms with van der Waals surface area (Å²) in [6, 6.07) is 17.8. The van der Waals surface area contributed by atoms with E-state index in [1.54, 1.807) is 0 Å². The summed E-state index contributed by atoms with van der Waals surface area (Å²) in [6.45, 7) is 4.51. The summed E-state index contributed by atoms with van der Waals surface area (Å²) in [4.78, 5) is 17.9. The Balaban J connectivity index is 1.46. The maximum atomic E-state index is 13.2. The van der Waals surface area contributed by atoms with Gasteiger partial charge in [0.05, 0.1) is 20.8 Å². The topological polar surface area (TPSA) is 71.7 Å². The number of fused-ring (bicyclic) bond motifs is 2. The highest BCUT2D eigenvalue weighted by molar-refractivity contribution is 7.92. The summed E-state index contributed by atoms with van der Waals surface area (Å²) in [6.07, 6.45) is 0.691. The average molecular weight is 478 g/mol. The molecule has 0 spiro atoms. The second kappa shape index (κ2) is 7.97. The number of benzene rings is 3. The standard InChI is InChI=1S/C25H23N3O3S2/c1-16-14-17(2)23-22(15-16)32-25(27(23)3)26-24(29)19-8-10-20(11-9-19)33(30,31)28-13-12-18-6-4-5-7-21(18)28/h4-11,14-15H,12-13H2,1-3H3. The van der Waals surface area contributed by atoms with Gasteiger partial charge in [0.2, 0.25) is 0 Å². The van der Waals surface area contributed by atoms with Crippen molar-refractivity contribution in [3.8, 4) is 0 Å². The van der Waals surface area contributed by atoms with Gasteiger partial charge in [-0.05, 0) is 73.4 Å². The van der Waals surface area contributed by atoms with Crippen molar-refractivity contribution >= 4 is 43.2 Å². The van der Waals surface area contributed by atoms with Crippen LogP contribution in [-0.4, -0.2) is 25.4 Å². The molecule has 3 aromatic carbocycles. The molecule has 1 aliphatic rings. The molecule has 8 heteroatoms. The van der Waals surface area contributed by atoms with Crippen molar-refractivity contribution in [3.63, 3.8) is 0 Å². The van der Waals surface area contributed by atoms with E-state index < -0.39 is 15.9 Å². The van der Waals surface area contributed by atoms with Crippen LogP contribution in [0.25, 0.3) is 10.2 Å². The SMILES string of the molecule is Cc1cc(C)c2c(c1)sc(=NC(=O)c1ccc(S(=O)(=O)N3CCc4ccccc43)cc1)n2C. The Morgan fingerprint density at radius 3 is 2.52 bits per heavy atom. The highest BCUT2D eigenvalue weighted by atomic mass is 32.2. The summed E-state index contributed by atoms with van der Waals surface area (Å²) in [5, 5.41) is 0. The van der Waals surface area contributed by atoms with E-state index in [4.69, 9.17) is 0 Å². The fourth-order valence-electron chi connectivity index (χ4n) is 4.39. The first-order chi connectivity index (χ1) is 15.8. The van der Waals surface area contributed by atoms with Gasteiger partial charge in [-0.25, -0.2) is 8.42 Å². The van der Waals surface area contributed by atoms with Crippen LogP contribution in [-0.2, 0) is 23.5 Å². The lowest BCUT2D eigenvalue weighted by Gasteiger charge is -2.19. The van der Waals surface area contributed by atoms with Crippen LogP contribution in [0.2, 0.25) is 0 Å². The highest BCUT2D eigenvalue weighted by Crippen LogP contribution is 2.32. The van der Waals surface area contributed by atoms with Crippen molar-refractivity contribution < 1.29 is 13.2 Å². The first-order valence-corrected chi connectivity index (χ1v) is 12.9. The van der Waals surface area contributed by atoms with Crippen LogP contribution in [0.1, 0.15) is 27.0 Å². The van der Waals surface area contributed by atoms with E-state index in [0.717, 1.165) is 32.6 Å². The smallest absolute Gasteiger partial charge is 0.279 e. The molecule has 6 nitrogen and oxygen atoms in total. The lowest BCUT2D eigenvalue weighted by Crippen LogP contribution is -2.29. The number of aryl methyl sites for hydroxylation is 3. The van der Waals surface area contributed by atoms with E-state index in [1.807, 2.05) is 49.7 Å². The van der Waals surface area contributed by atoms with Gasteiger partial charge in [0.1, 0.15) is 0 Å². The second-order valence-corrected chi connectivity index (χ2v) is 11.1. The minimum Gasteiger partial charge on any atom is -0.319 e. The number of nitrogens with zero attached hydrogens (tertiary/aromatic N) is 3. The first kappa shape index (κ1) is 21.6. The van der Waals surface area contributed by atoms with Gasteiger partial charge < -0.3 is 4.57 Å². The highest BCUT2D eigenvalue weighted by Gasteiger charge is 2.30. The third kappa shape index (κ3) is 3.69. The second-order valence-electron chi connectivity index (χ2n) is 8.27. The van der Waals surface area contributed by atoms with Crippen LogP contribution < -0.4 is 9.11 Å². The maximum Gasteiger partial charge on any atom is 0.279 e. The van der Waals surface area contributed by atoms with Crippen LogP contribution in [0.15, 0.2) is 70.6 Å². The van der Waals surface area contributed by atoms with Crippen molar-refractivity contribution in [1.82, 2.24) is 4.57 Å². The van der Waals surface area contributed by atoms with Gasteiger partial charge in [0.15, 0.2) is 4.80 Å². The van der Waals surface area contributed by atoms with Crippen LogP contribution in [0.5, 0.6) is 0 Å². The quantitative estimate of drug-likeness (QED) is 0.440. The summed E-state index contributed by atoms with van der Waals surface area (Å²) < 4.78 is 30.8. The molecule has 0 bridgehead atoms. The Kier molecular flexibility index (Phi) is 5.22. The molecule has 168 valence electrons. The van der Waals surface area contributed by atoms with Crippen LogP contribution in [0.3, 0.4) is 0 Å². The van der Waals surface area contributed by atoms with Crippen LogP contribution in [0.4, 0.5) is 5.69 Å². The average Bonchev–Trinajstić information content (AvgIpc) is 3.35. The number of amides is 1. The van der Waals surface area contributed by atoms with Gasteiger partial charge in [0.25, 0.3) is 15.9 Å². The number of carbonyl (C=O) groups is 1. The Morgan fingerprint density at radius 2 is 1.76 bits per heavy atom. The van der Waals surface area contributed by atoms with Crippen molar-refractivity contribution in [1.29, 1.82) is 0 Å². The normalized spacial score (nSPS) is 14.2. The molecule has 1 amide bonds. The first-order valence-electron chi connectivity index (χ1n) is 10.6. The van der Waals surface area contributed by atoms with Crippen molar-refractivity contribution in [2.24, 2.45) is 12.0 Å². The minimum atomic E-state index is -3.70. The predicted octanol–water partition coefficient (Wildman–Crippen LogP) is 4.35. The molecule has 33 heavy (non-hydrogen) atoms. The van der Waals surface area contributed by atoms with Gasteiger partial charge in [-0.15, -0.1) is 0 Å². The summed E-state index contributed by atoms with van der Waals surface area (Å²) in [7, 11) is -1.80. The Bertz CT molecular complexity index is 1580. The molecule has 0 radical (unpaired) electrons. The van der Waals surface area contributed by atoms with Gasteiger partial charge >= 0.3 is 0 Å². The Hall–Kier alpha value is -3.23. The van der Waals surface area contributed by atoms with Crippen LogP contribution >= 0.6 is 11.3 Å². The number of hydrogen-bond acceptors (Lipinski definition) is 4. The molecule has 0 atom stereocenters. The van der Waals surface area contributed by atoms with E-state index in [2.05, 4.69) is 17.1 Å². The zero-order valence-electron chi connectivity index (χ0n) is 18.6. The zero-order valence-corrected chi connectivity index (χ0v) is 20.2. The number of anilines is 1. The summed E-state index contributed by atoms with van der Waals surface area (Å²) >= 11 is 1.47. The van der Waals surface area contributed by atoms with E-state index in [-0.39, 0.29) is 4.90 Å². The number of thiazole rings is 1. The van der Waals surface area contributed by atoms with Crippen molar-refractivity contribution in [3.05, 3.63) is 87.7 Å².